The molecule has 0 radical (unpaired) electrons. The highest BCUT2D eigenvalue weighted by atomic mass is 16.6. The Kier molecular flexibility index (Phi) is 3.89. The number of carbonyl (C=O) groups is 1. The summed E-state index contributed by atoms with van der Waals surface area (Å²) in [5, 5.41) is 20.0. The molecule has 1 aliphatic carbocycles. The molecule has 7 heteroatoms. The van der Waals surface area contributed by atoms with Gasteiger partial charge in [0.05, 0.1) is 16.6 Å². The minimum atomic E-state index is -0.603. The summed E-state index contributed by atoms with van der Waals surface area (Å²) in [5.41, 5.74) is 5.46. The number of nitrogen functional groups attached to an aromatic ring is 1. The zero-order valence-electron chi connectivity index (χ0n) is 11.2. The smallest absolute Gasteiger partial charge is 0.292 e. The van der Waals surface area contributed by atoms with Crippen LogP contribution in [0.1, 0.15) is 23.2 Å². The molecule has 108 valence electrons. The van der Waals surface area contributed by atoms with Crippen LogP contribution in [0.15, 0.2) is 18.2 Å². The highest BCUT2D eigenvalue weighted by Crippen LogP contribution is 2.29. The number of aliphatic hydroxyl groups is 1. The van der Waals surface area contributed by atoms with Crippen LogP contribution in [-0.4, -0.2) is 40.5 Å². The number of nitrogens with two attached hydrogens (primary N) is 1. The van der Waals surface area contributed by atoms with Crippen molar-refractivity contribution < 1.29 is 14.8 Å². The van der Waals surface area contributed by atoms with Crippen LogP contribution in [0, 0.1) is 16.0 Å². The van der Waals surface area contributed by atoms with E-state index in [1.165, 1.54) is 23.1 Å². The van der Waals surface area contributed by atoms with E-state index >= 15 is 0 Å². The molecule has 0 bridgehead atoms. The van der Waals surface area contributed by atoms with Gasteiger partial charge < -0.3 is 15.7 Å². The van der Waals surface area contributed by atoms with Crippen molar-refractivity contribution in [3.05, 3.63) is 33.9 Å². The monoisotopic (exact) mass is 279 g/mol. The summed E-state index contributed by atoms with van der Waals surface area (Å²) >= 11 is 0. The second-order valence-electron chi connectivity index (χ2n) is 5.17. The zero-order valence-corrected chi connectivity index (χ0v) is 11.2. The Morgan fingerprint density at radius 2 is 2.20 bits per heavy atom. The van der Waals surface area contributed by atoms with Crippen LogP contribution in [0.25, 0.3) is 0 Å². The maximum Gasteiger partial charge on any atom is 0.292 e. The zero-order chi connectivity index (χ0) is 14.9. The van der Waals surface area contributed by atoms with Gasteiger partial charge in [-0.15, -0.1) is 0 Å². The van der Waals surface area contributed by atoms with Crippen LogP contribution in [-0.2, 0) is 0 Å². The number of nitro benzene ring substituents is 1. The predicted octanol–water partition coefficient (Wildman–Crippen LogP) is 1.02. The Morgan fingerprint density at radius 1 is 1.55 bits per heavy atom. The molecule has 1 saturated carbocycles. The van der Waals surface area contributed by atoms with E-state index in [-0.39, 0.29) is 34.9 Å². The molecule has 1 aliphatic rings. The van der Waals surface area contributed by atoms with E-state index in [4.69, 9.17) is 5.73 Å². The minimum absolute atomic E-state index is 0.108. The first kappa shape index (κ1) is 14.3. The Bertz CT molecular complexity index is 540. The molecule has 1 amide bonds. The molecular weight excluding hydrogens is 262 g/mol. The van der Waals surface area contributed by atoms with E-state index in [0.717, 1.165) is 0 Å². The van der Waals surface area contributed by atoms with Gasteiger partial charge in [-0.2, -0.15) is 0 Å². The molecule has 0 heterocycles. The van der Waals surface area contributed by atoms with E-state index in [0.29, 0.717) is 19.4 Å². The summed E-state index contributed by atoms with van der Waals surface area (Å²) in [7, 11) is 1.63. The van der Waals surface area contributed by atoms with Gasteiger partial charge in [0.2, 0.25) is 0 Å². The van der Waals surface area contributed by atoms with Gasteiger partial charge in [-0.25, -0.2) is 0 Å². The standard InChI is InChI=1S/C13H17N3O4/c1-15(7-8-5-9(17)6-8)13(18)10-3-2-4-11(12(10)14)16(19)20/h2-4,8-9,17H,5-7,14H2,1H3. The van der Waals surface area contributed by atoms with Gasteiger partial charge in [0.25, 0.3) is 11.6 Å². The average molecular weight is 279 g/mol. The molecule has 1 aromatic rings. The van der Waals surface area contributed by atoms with Gasteiger partial charge >= 0.3 is 0 Å². The number of hydrogen-bond acceptors (Lipinski definition) is 5. The predicted molar refractivity (Wildman–Crippen MR) is 73.2 cm³/mol. The van der Waals surface area contributed by atoms with E-state index in [9.17, 15) is 20.0 Å². The molecular formula is C13H17N3O4. The van der Waals surface area contributed by atoms with Crippen molar-refractivity contribution in [2.24, 2.45) is 5.92 Å². The van der Waals surface area contributed by atoms with E-state index in [1.54, 1.807) is 7.05 Å². The average Bonchev–Trinajstić information content (AvgIpc) is 2.36. The van der Waals surface area contributed by atoms with Gasteiger partial charge in [-0.1, -0.05) is 6.07 Å². The number of rotatable bonds is 4. The third-order valence-electron chi connectivity index (χ3n) is 3.60. The molecule has 2 rings (SSSR count). The van der Waals surface area contributed by atoms with Crippen LogP contribution >= 0.6 is 0 Å². The number of hydrogen-bond donors (Lipinski definition) is 2. The first-order chi connectivity index (χ1) is 9.40. The van der Waals surface area contributed by atoms with Crippen LogP contribution < -0.4 is 5.73 Å². The first-order valence-electron chi connectivity index (χ1n) is 6.36. The molecule has 1 fully saturated rings. The lowest BCUT2D eigenvalue weighted by Gasteiger charge is -2.34. The molecule has 0 saturated heterocycles. The SMILES string of the molecule is CN(CC1CC(O)C1)C(=O)c1cccc([N+](=O)[O-])c1N. The van der Waals surface area contributed by atoms with Crippen molar-refractivity contribution in [1.82, 2.24) is 4.90 Å². The number of para-hydroxylation sites is 1. The lowest BCUT2D eigenvalue weighted by atomic mass is 9.82. The fourth-order valence-corrected chi connectivity index (χ4v) is 2.42. The van der Waals surface area contributed by atoms with Gasteiger partial charge in [0.1, 0.15) is 5.69 Å². The first-order valence-corrected chi connectivity index (χ1v) is 6.36. The van der Waals surface area contributed by atoms with Gasteiger partial charge in [0.15, 0.2) is 0 Å². The van der Waals surface area contributed by atoms with Crippen molar-refractivity contribution in [2.75, 3.05) is 19.3 Å². The van der Waals surface area contributed by atoms with Gasteiger partial charge in [-0.3, -0.25) is 14.9 Å². The summed E-state index contributed by atoms with van der Waals surface area (Å²) in [6.45, 7) is 0.512. The number of anilines is 1. The summed E-state index contributed by atoms with van der Waals surface area (Å²) in [4.78, 5) is 24.0. The van der Waals surface area contributed by atoms with Crippen LogP contribution in [0.4, 0.5) is 11.4 Å². The molecule has 7 nitrogen and oxygen atoms in total. The highest BCUT2D eigenvalue weighted by molar-refractivity contribution is 6.00. The molecule has 0 atom stereocenters. The minimum Gasteiger partial charge on any atom is -0.393 e. The van der Waals surface area contributed by atoms with Crippen molar-refractivity contribution in [1.29, 1.82) is 0 Å². The Morgan fingerprint density at radius 3 is 2.75 bits per heavy atom. The van der Waals surface area contributed by atoms with E-state index in [1.807, 2.05) is 0 Å². The van der Waals surface area contributed by atoms with Gasteiger partial charge in [-0.05, 0) is 24.8 Å². The summed E-state index contributed by atoms with van der Waals surface area (Å²) in [5.74, 6) is -0.0635. The second-order valence-corrected chi connectivity index (χ2v) is 5.17. The summed E-state index contributed by atoms with van der Waals surface area (Å²) in [6, 6.07) is 4.20. The maximum absolute atomic E-state index is 12.3. The van der Waals surface area contributed by atoms with E-state index in [2.05, 4.69) is 0 Å². The van der Waals surface area contributed by atoms with Crippen molar-refractivity contribution in [3.8, 4) is 0 Å². The normalized spacial score (nSPS) is 21.1. The van der Waals surface area contributed by atoms with Crippen molar-refractivity contribution in [2.45, 2.75) is 18.9 Å². The number of nitro groups is 1. The molecule has 3 N–H and O–H groups in total. The molecule has 0 spiro atoms. The van der Waals surface area contributed by atoms with Crippen LogP contribution in [0.5, 0.6) is 0 Å². The Labute approximate surface area is 116 Å². The second kappa shape index (κ2) is 5.46. The number of nitrogens with zero attached hydrogens (tertiary/aromatic N) is 2. The fraction of sp³-hybridized carbons (Fsp3) is 0.462. The Hall–Kier alpha value is -2.15. The topological polar surface area (TPSA) is 110 Å². The maximum atomic E-state index is 12.3. The van der Waals surface area contributed by atoms with Crippen molar-refractivity contribution >= 4 is 17.3 Å². The molecule has 0 aromatic heterocycles. The third kappa shape index (κ3) is 2.72. The van der Waals surface area contributed by atoms with Gasteiger partial charge in [0, 0.05) is 19.7 Å². The number of amides is 1. The molecule has 0 unspecified atom stereocenters. The summed E-state index contributed by atoms with van der Waals surface area (Å²) < 4.78 is 0. The molecule has 1 aromatic carbocycles. The lowest BCUT2D eigenvalue weighted by molar-refractivity contribution is -0.383. The molecule has 20 heavy (non-hydrogen) atoms. The summed E-state index contributed by atoms with van der Waals surface area (Å²) in [6.07, 6.45) is 1.09. The Balaban J connectivity index is 2.12. The van der Waals surface area contributed by atoms with E-state index < -0.39 is 4.92 Å². The number of benzene rings is 1. The number of aliphatic hydroxyl groups excluding tert-OH is 1. The van der Waals surface area contributed by atoms with Crippen LogP contribution in [0.2, 0.25) is 0 Å². The van der Waals surface area contributed by atoms with Crippen molar-refractivity contribution in [3.63, 3.8) is 0 Å². The largest absolute Gasteiger partial charge is 0.393 e. The quantitative estimate of drug-likeness (QED) is 0.485. The highest BCUT2D eigenvalue weighted by Gasteiger charge is 2.30. The molecule has 0 aliphatic heterocycles. The number of carbonyl (C=O) groups excluding carboxylic acids is 1. The van der Waals surface area contributed by atoms with Crippen LogP contribution in [0.3, 0.4) is 0 Å². The third-order valence-corrected chi connectivity index (χ3v) is 3.60. The fourth-order valence-electron chi connectivity index (χ4n) is 2.42. The lowest BCUT2D eigenvalue weighted by Crippen LogP contribution is -2.39.